The van der Waals surface area contributed by atoms with E-state index in [0.29, 0.717) is 0 Å². The summed E-state index contributed by atoms with van der Waals surface area (Å²) in [4.78, 5) is 0. The zero-order chi connectivity index (χ0) is 9.36. The first kappa shape index (κ1) is 9.51. The Bertz CT molecular complexity index is 155. The molecule has 1 heteroatoms. The fourth-order valence-electron chi connectivity index (χ4n) is 3.30. The summed E-state index contributed by atoms with van der Waals surface area (Å²) < 4.78 is 0. The van der Waals surface area contributed by atoms with Gasteiger partial charge in [0.15, 0.2) is 0 Å². The van der Waals surface area contributed by atoms with E-state index in [2.05, 4.69) is 6.92 Å². The molecular formula is C12H23N. The van der Waals surface area contributed by atoms with Crippen molar-refractivity contribution in [1.29, 1.82) is 0 Å². The van der Waals surface area contributed by atoms with Crippen LogP contribution in [0.15, 0.2) is 0 Å². The molecule has 0 aromatic heterocycles. The predicted molar refractivity (Wildman–Crippen MR) is 56.5 cm³/mol. The lowest BCUT2D eigenvalue weighted by atomic mass is 9.53. The maximum absolute atomic E-state index is 5.60. The van der Waals surface area contributed by atoms with Gasteiger partial charge in [-0.3, -0.25) is 0 Å². The van der Waals surface area contributed by atoms with Crippen LogP contribution in [-0.4, -0.2) is 6.54 Å². The third-order valence-corrected chi connectivity index (χ3v) is 4.69. The summed E-state index contributed by atoms with van der Waals surface area (Å²) in [5, 5.41) is 0. The van der Waals surface area contributed by atoms with Gasteiger partial charge in [0, 0.05) is 0 Å². The molecule has 3 aliphatic carbocycles. The highest BCUT2D eigenvalue weighted by Gasteiger charge is 2.45. The van der Waals surface area contributed by atoms with Crippen molar-refractivity contribution in [2.24, 2.45) is 16.6 Å². The first-order valence-electron chi connectivity index (χ1n) is 5.88. The average molecular weight is 181 g/mol. The van der Waals surface area contributed by atoms with E-state index in [0.717, 1.165) is 17.4 Å². The molecule has 3 saturated carbocycles. The molecule has 0 spiro atoms. The molecule has 0 radical (unpaired) electrons. The standard InChI is InChI=1S/C12H23N/c1-11-4-7-12(8-5-11,9-6-11)3-2-10-13/h2-10,13H2,1H3. The molecule has 76 valence electrons. The van der Waals surface area contributed by atoms with Crippen molar-refractivity contribution < 1.29 is 0 Å². The zero-order valence-corrected chi connectivity index (χ0v) is 8.94. The monoisotopic (exact) mass is 181 g/mol. The van der Waals surface area contributed by atoms with Gasteiger partial charge in [-0.2, -0.15) is 0 Å². The van der Waals surface area contributed by atoms with Crippen LogP contribution in [0.3, 0.4) is 0 Å². The molecule has 0 unspecified atom stereocenters. The largest absolute Gasteiger partial charge is 0.330 e. The van der Waals surface area contributed by atoms with Gasteiger partial charge in [-0.1, -0.05) is 6.92 Å². The minimum absolute atomic E-state index is 0.727. The van der Waals surface area contributed by atoms with Gasteiger partial charge >= 0.3 is 0 Å². The molecule has 0 aromatic carbocycles. The second-order valence-electron chi connectivity index (χ2n) is 5.70. The molecule has 3 fully saturated rings. The lowest BCUT2D eigenvalue weighted by molar-refractivity contribution is -0.00331. The minimum Gasteiger partial charge on any atom is -0.330 e. The van der Waals surface area contributed by atoms with E-state index in [9.17, 15) is 0 Å². The van der Waals surface area contributed by atoms with E-state index in [1.807, 2.05) is 0 Å². The Morgan fingerprint density at radius 1 is 1.00 bits per heavy atom. The minimum atomic E-state index is 0.727. The number of hydrogen-bond acceptors (Lipinski definition) is 1. The molecule has 2 N–H and O–H groups in total. The molecule has 0 aliphatic heterocycles. The van der Waals surface area contributed by atoms with Gasteiger partial charge in [-0.15, -0.1) is 0 Å². The Kier molecular flexibility index (Phi) is 2.39. The lowest BCUT2D eigenvalue weighted by Gasteiger charge is -2.52. The van der Waals surface area contributed by atoms with E-state index in [1.165, 1.54) is 51.4 Å². The van der Waals surface area contributed by atoms with Crippen molar-refractivity contribution in [3.8, 4) is 0 Å². The van der Waals surface area contributed by atoms with Crippen LogP contribution in [-0.2, 0) is 0 Å². The van der Waals surface area contributed by atoms with E-state index < -0.39 is 0 Å². The lowest BCUT2D eigenvalue weighted by Crippen LogP contribution is -2.39. The molecule has 0 amide bonds. The van der Waals surface area contributed by atoms with Crippen molar-refractivity contribution in [2.75, 3.05) is 6.54 Å². The van der Waals surface area contributed by atoms with Gasteiger partial charge in [0.25, 0.3) is 0 Å². The summed E-state index contributed by atoms with van der Waals surface area (Å²) in [6, 6.07) is 0. The molecular weight excluding hydrogens is 158 g/mol. The van der Waals surface area contributed by atoms with Gasteiger partial charge in [0.2, 0.25) is 0 Å². The molecule has 2 bridgehead atoms. The van der Waals surface area contributed by atoms with Crippen LogP contribution in [0.1, 0.15) is 58.3 Å². The zero-order valence-electron chi connectivity index (χ0n) is 8.94. The number of hydrogen-bond donors (Lipinski definition) is 1. The third-order valence-electron chi connectivity index (χ3n) is 4.69. The third kappa shape index (κ3) is 1.76. The van der Waals surface area contributed by atoms with Crippen LogP contribution in [0.2, 0.25) is 0 Å². The maximum Gasteiger partial charge on any atom is -0.00771 e. The predicted octanol–water partition coefficient (Wildman–Crippen LogP) is 3.09. The first-order valence-corrected chi connectivity index (χ1v) is 5.88. The van der Waals surface area contributed by atoms with Crippen molar-refractivity contribution in [3.63, 3.8) is 0 Å². The van der Waals surface area contributed by atoms with Gasteiger partial charge in [-0.05, 0) is 68.7 Å². The number of nitrogens with two attached hydrogens (primary N) is 1. The van der Waals surface area contributed by atoms with E-state index in [-0.39, 0.29) is 0 Å². The number of rotatable bonds is 3. The van der Waals surface area contributed by atoms with Crippen LogP contribution in [0.4, 0.5) is 0 Å². The fourth-order valence-corrected chi connectivity index (χ4v) is 3.30. The quantitative estimate of drug-likeness (QED) is 0.711. The van der Waals surface area contributed by atoms with E-state index >= 15 is 0 Å². The maximum atomic E-state index is 5.60. The van der Waals surface area contributed by atoms with E-state index in [1.54, 1.807) is 0 Å². The van der Waals surface area contributed by atoms with Crippen molar-refractivity contribution in [1.82, 2.24) is 0 Å². The summed E-state index contributed by atoms with van der Waals surface area (Å²) in [5.41, 5.74) is 7.06. The van der Waals surface area contributed by atoms with Crippen molar-refractivity contribution in [2.45, 2.75) is 58.3 Å². The SMILES string of the molecule is CC12CCC(CCCN)(CC1)CC2. The van der Waals surface area contributed by atoms with Gasteiger partial charge < -0.3 is 5.73 Å². The molecule has 0 atom stereocenters. The van der Waals surface area contributed by atoms with Crippen molar-refractivity contribution >= 4 is 0 Å². The van der Waals surface area contributed by atoms with Gasteiger partial charge in [-0.25, -0.2) is 0 Å². The highest BCUT2D eigenvalue weighted by molar-refractivity contribution is 4.97. The van der Waals surface area contributed by atoms with E-state index in [4.69, 9.17) is 5.73 Å². The molecule has 3 rings (SSSR count). The second-order valence-corrected chi connectivity index (χ2v) is 5.70. The summed E-state index contributed by atoms with van der Waals surface area (Å²) in [5.74, 6) is 0. The summed E-state index contributed by atoms with van der Waals surface area (Å²) in [6.07, 6.45) is 11.6. The highest BCUT2D eigenvalue weighted by Crippen LogP contribution is 2.58. The smallest absolute Gasteiger partial charge is 0.00771 e. The van der Waals surface area contributed by atoms with Crippen LogP contribution >= 0.6 is 0 Å². The number of fused-ring (bicyclic) bond motifs is 3. The molecule has 0 aromatic rings. The molecule has 0 heterocycles. The van der Waals surface area contributed by atoms with Crippen LogP contribution in [0.5, 0.6) is 0 Å². The Morgan fingerprint density at radius 3 is 2.00 bits per heavy atom. The molecule has 13 heavy (non-hydrogen) atoms. The molecule has 0 saturated heterocycles. The summed E-state index contributed by atoms with van der Waals surface area (Å²) >= 11 is 0. The second kappa shape index (κ2) is 3.27. The summed E-state index contributed by atoms with van der Waals surface area (Å²) in [7, 11) is 0. The van der Waals surface area contributed by atoms with Crippen molar-refractivity contribution in [3.05, 3.63) is 0 Å². The van der Waals surface area contributed by atoms with Crippen LogP contribution < -0.4 is 5.73 Å². The first-order chi connectivity index (χ1) is 6.18. The van der Waals surface area contributed by atoms with Crippen LogP contribution in [0.25, 0.3) is 0 Å². The Labute approximate surface area is 82.1 Å². The Balaban J connectivity index is 1.95. The highest BCUT2D eigenvalue weighted by atomic mass is 14.5. The Morgan fingerprint density at radius 2 is 1.54 bits per heavy atom. The van der Waals surface area contributed by atoms with Crippen LogP contribution in [0, 0.1) is 10.8 Å². The summed E-state index contributed by atoms with van der Waals surface area (Å²) in [6.45, 7) is 3.37. The Hall–Kier alpha value is -0.0400. The van der Waals surface area contributed by atoms with Gasteiger partial charge in [0.05, 0.1) is 0 Å². The fraction of sp³-hybridized carbons (Fsp3) is 1.00. The normalized spacial score (nSPS) is 43.8. The molecule has 3 aliphatic rings. The topological polar surface area (TPSA) is 26.0 Å². The van der Waals surface area contributed by atoms with Gasteiger partial charge in [0.1, 0.15) is 0 Å². The molecule has 1 nitrogen and oxygen atoms in total. The average Bonchev–Trinajstić information content (AvgIpc) is 2.18.